The van der Waals surface area contributed by atoms with Crippen molar-refractivity contribution in [3.8, 4) is 5.75 Å². The highest BCUT2D eigenvalue weighted by atomic mass is 16.5. The molecule has 1 saturated heterocycles. The summed E-state index contributed by atoms with van der Waals surface area (Å²) >= 11 is 0. The van der Waals surface area contributed by atoms with Gasteiger partial charge >= 0.3 is 12.0 Å². The van der Waals surface area contributed by atoms with Gasteiger partial charge in [0.15, 0.2) is 0 Å². The summed E-state index contributed by atoms with van der Waals surface area (Å²) in [5.41, 5.74) is 0.624. The van der Waals surface area contributed by atoms with E-state index in [-0.39, 0.29) is 18.9 Å². The maximum absolute atomic E-state index is 12.4. The van der Waals surface area contributed by atoms with Gasteiger partial charge in [-0.2, -0.15) is 0 Å². The van der Waals surface area contributed by atoms with E-state index in [1.54, 1.807) is 31.4 Å². The number of hydrogen-bond acceptors (Lipinski definition) is 4. The molecular weight excluding hydrogens is 314 g/mol. The Morgan fingerprint density at radius 3 is 2.62 bits per heavy atom. The number of carbonyl (C=O) groups is 3. The molecule has 0 bridgehead atoms. The number of hydrogen-bond donors (Lipinski definition) is 3. The summed E-state index contributed by atoms with van der Waals surface area (Å²) in [5, 5.41) is 13.9. The van der Waals surface area contributed by atoms with E-state index in [2.05, 4.69) is 10.6 Å². The maximum atomic E-state index is 12.4. The number of anilines is 1. The molecule has 1 fully saturated rings. The Labute approximate surface area is 139 Å². The quantitative estimate of drug-likeness (QED) is 0.726. The van der Waals surface area contributed by atoms with Crippen molar-refractivity contribution in [2.75, 3.05) is 25.5 Å². The summed E-state index contributed by atoms with van der Waals surface area (Å²) in [6.45, 7) is 0.511. The Morgan fingerprint density at radius 2 is 2.00 bits per heavy atom. The van der Waals surface area contributed by atoms with Crippen molar-refractivity contribution >= 4 is 23.6 Å². The Kier molecular flexibility index (Phi) is 6.00. The van der Waals surface area contributed by atoms with Crippen molar-refractivity contribution in [2.45, 2.75) is 25.3 Å². The fraction of sp³-hybridized carbons (Fsp3) is 0.438. The summed E-state index contributed by atoms with van der Waals surface area (Å²) in [5.74, 6) is -0.551. The van der Waals surface area contributed by atoms with Gasteiger partial charge in [-0.25, -0.2) is 4.79 Å². The van der Waals surface area contributed by atoms with E-state index in [0.29, 0.717) is 24.4 Å². The molecule has 1 unspecified atom stereocenters. The molecule has 2 rings (SSSR count). The third-order valence-electron chi connectivity index (χ3n) is 3.79. The first kappa shape index (κ1) is 17.6. The van der Waals surface area contributed by atoms with Crippen LogP contribution < -0.4 is 15.4 Å². The van der Waals surface area contributed by atoms with Crippen LogP contribution in [-0.2, 0) is 9.59 Å². The first-order chi connectivity index (χ1) is 11.5. The van der Waals surface area contributed by atoms with Gasteiger partial charge < -0.3 is 25.4 Å². The van der Waals surface area contributed by atoms with Crippen molar-refractivity contribution < 1.29 is 24.2 Å². The monoisotopic (exact) mass is 335 g/mol. The number of benzene rings is 1. The number of carbonyl (C=O) groups excluding carboxylic acids is 2. The smallest absolute Gasteiger partial charge is 0.318 e. The second-order valence-electron chi connectivity index (χ2n) is 5.44. The molecule has 3 N–H and O–H groups in total. The van der Waals surface area contributed by atoms with Crippen molar-refractivity contribution in [2.24, 2.45) is 0 Å². The Balaban J connectivity index is 1.91. The number of aliphatic carboxylic acids is 1. The zero-order chi connectivity index (χ0) is 17.5. The van der Waals surface area contributed by atoms with Gasteiger partial charge in [0.05, 0.1) is 13.5 Å². The SMILES string of the molecule is COc1ccc(NC(=O)C2CCCN2C(=O)NCCC(=O)O)cc1. The number of rotatable bonds is 6. The van der Waals surface area contributed by atoms with Gasteiger partial charge in [-0.1, -0.05) is 0 Å². The van der Waals surface area contributed by atoms with Crippen LogP contribution in [0.15, 0.2) is 24.3 Å². The van der Waals surface area contributed by atoms with Gasteiger partial charge in [-0.15, -0.1) is 0 Å². The van der Waals surface area contributed by atoms with Crippen LogP contribution in [0.5, 0.6) is 5.75 Å². The van der Waals surface area contributed by atoms with Crippen LogP contribution in [0.25, 0.3) is 0 Å². The number of ether oxygens (including phenoxy) is 1. The van der Waals surface area contributed by atoms with Crippen LogP contribution in [0, 0.1) is 0 Å². The number of amides is 3. The van der Waals surface area contributed by atoms with Crippen molar-refractivity contribution in [1.29, 1.82) is 0 Å². The molecule has 0 aliphatic carbocycles. The van der Waals surface area contributed by atoms with Gasteiger partial charge in [0, 0.05) is 18.8 Å². The van der Waals surface area contributed by atoms with E-state index in [4.69, 9.17) is 9.84 Å². The second kappa shape index (κ2) is 8.19. The molecule has 1 aromatic rings. The highest BCUT2D eigenvalue weighted by Crippen LogP contribution is 2.20. The molecule has 1 aromatic carbocycles. The average Bonchev–Trinajstić information content (AvgIpc) is 3.05. The molecule has 8 nitrogen and oxygen atoms in total. The number of carboxylic acid groups (broad SMARTS) is 1. The zero-order valence-electron chi connectivity index (χ0n) is 13.4. The molecule has 3 amide bonds. The van der Waals surface area contributed by atoms with Crippen molar-refractivity contribution in [3.63, 3.8) is 0 Å². The molecule has 130 valence electrons. The number of carboxylic acids is 1. The maximum Gasteiger partial charge on any atom is 0.318 e. The Morgan fingerprint density at radius 1 is 1.29 bits per heavy atom. The molecule has 0 spiro atoms. The lowest BCUT2D eigenvalue weighted by Crippen LogP contribution is -2.48. The summed E-state index contributed by atoms with van der Waals surface area (Å²) in [6.07, 6.45) is 1.16. The first-order valence-corrected chi connectivity index (χ1v) is 7.72. The fourth-order valence-corrected chi connectivity index (χ4v) is 2.56. The lowest BCUT2D eigenvalue weighted by molar-refractivity contribution is -0.136. The highest BCUT2D eigenvalue weighted by molar-refractivity contribution is 5.97. The van der Waals surface area contributed by atoms with Crippen LogP contribution in [0.4, 0.5) is 10.5 Å². The molecule has 0 saturated carbocycles. The lowest BCUT2D eigenvalue weighted by Gasteiger charge is -2.24. The topological polar surface area (TPSA) is 108 Å². The van der Waals surface area contributed by atoms with Crippen molar-refractivity contribution in [1.82, 2.24) is 10.2 Å². The lowest BCUT2D eigenvalue weighted by atomic mass is 10.2. The van der Waals surface area contributed by atoms with E-state index in [1.807, 2.05) is 0 Å². The van der Waals surface area contributed by atoms with Gasteiger partial charge in [0.25, 0.3) is 0 Å². The molecular formula is C16H21N3O5. The number of nitrogens with one attached hydrogen (secondary N) is 2. The molecule has 1 aliphatic rings. The average molecular weight is 335 g/mol. The molecule has 0 radical (unpaired) electrons. The number of methoxy groups -OCH3 is 1. The Hall–Kier alpha value is -2.77. The van der Waals surface area contributed by atoms with Crippen molar-refractivity contribution in [3.05, 3.63) is 24.3 Å². The van der Waals surface area contributed by atoms with E-state index in [0.717, 1.165) is 6.42 Å². The van der Waals surface area contributed by atoms with Gasteiger partial charge in [-0.05, 0) is 37.1 Å². The summed E-state index contributed by atoms with van der Waals surface area (Å²) < 4.78 is 5.06. The second-order valence-corrected chi connectivity index (χ2v) is 5.44. The summed E-state index contributed by atoms with van der Waals surface area (Å²) in [6, 6.07) is 5.95. The predicted molar refractivity (Wildman–Crippen MR) is 87.0 cm³/mol. The number of likely N-dealkylation sites (tertiary alicyclic amines) is 1. The minimum atomic E-state index is -0.981. The number of nitrogens with zero attached hydrogens (tertiary/aromatic N) is 1. The molecule has 1 atom stereocenters. The van der Waals surface area contributed by atoms with E-state index < -0.39 is 18.0 Å². The number of urea groups is 1. The van der Waals surface area contributed by atoms with Crippen LogP contribution >= 0.6 is 0 Å². The summed E-state index contributed by atoms with van der Waals surface area (Å²) in [4.78, 5) is 36.4. The third-order valence-corrected chi connectivity index (χ3v) is 3.79. The largest absolute Gasteiger partial charge is 0.497 e. The van der Waals surface area contributed by atoms with Crippen LogP contribution in [0.3, 0.4) is 0 Å². The normalized spacial score (nSPS) is 16.5. The standard InChI is InChI=1S/C16H21N3O5/c1-24-12-6-4-11(5-7-12)18-15(22)13-3-2-10-19(13)16(23)17-9-8-14(20)21/h4-7,13H,2-3,8-10H2,1H3,(H,17,23)(H,18,22)(H,20,21). The zero-order valence-corrected chi connectivity index (χ0v) is 13.4. The molecule has 1 aliphatic heterocycles. The van der Waals surface area contributed by atoms with E-state index >= 15 is 0 Å². The molecule has 0 aromatic heterocycles. The molecule has 1 heterocycles. The first-order valence-electron chi connectivity index (χ1n) is 7.72. The fourth-order valence-electron chi connectivity index (χ4n) is 2.56. The molecule has 8 heteroatoms. The van der Waals surface area contributed by atoms with E-state index in [1.165, 1.54) is 4.90 Å². The molecule has 24 heavy (non-hydrogen) atoms. The van der Waals surface area contributed by atoms with Crippen LogP contribution in [-0.4, -0.2) is 54.2 Å². The Bertz CT molecular complexity index is 602. The predicted octanol–water partition coefficient (Wildman–Crippen LogP) is 1.28. The van der Waals surface area contributed by atoms with Crippen LogP contribution in [0.2, 0.25) is 0 Å². The minimum absolute atomic E-state index is 0.0392. The third kappa shape index (κ3) is 4.61. The highest BCUT2D eigenvalue weighted by Gasteiger charge is 2.34. The van der Waals surface area contributed by atoms with Gasteiger partial charge in [0.1, 0.15) is 11.8 Å². The van der Waals surface area contributed by atoms with Crippen LogP contribution in [0.1, 0.15) is 19.3 Å². The van der Waals surface area contributed by atoms with Gasteiger partial charge in [-0.3, -0.25) is 9.59 Å². The van der Waals surface area contributed by atoms with E-state index in [9.17, 15) is 14.4 Å². The summed E-state index contributed by atoms with van der Waals surface area (Å²) in [7, 11) is 1.56. The minimum Gasteiger partial charge on any atom is -0.497 e. The van der Waals surface area contributed by atoms with Gasteiger partial charge in [0.2, 0.25) is 5.91 Å².